The van der Waals surface area contributed by atoms with E-state index in [4.69, 9.17) is 4.98 Å². The van der Waals surface area contributed by atoms with E-state index in [0.717, 1.165) is 29.2 Å². The number of amides is 1. The quantitative estimate of drug-likeness (QED) is 0.558. The van der Waals surface area contributed by atoms with Crippen LogP contribution in [-0.2, 0) is 10.0 Å². The highest BCUT2D eigenvalue weighted by molar-refractivity contribution is 7.90. The highest BCUT2D eigenvalue weighted by Gasteiger charge is 2.41. The van der Waals surface area contributed by atoms with Crippen molar-refractivity contribution in [3.8, 4) is 11.3 Å². The van der Waals surface area contributed by atoms with Gasteiger partial charge >= 0.3 is 0 Å². The predicted octanol–water partition coefficient (Wildman–Crippen LogP) is 3.80. The summed E-state index contributed by atoms with van der Waals surface area (Å²) in [4.78, 5) is 34.1. The van der Waals surface area contributed by atoms with Crippen LogP contribution >= 0.6 is 0 Å². The summed E-state index contributed by atoms with van der Waals surface area (Å²) in [5.74, 6) is -0.0674. The predicted molar refractivity (Wildman–Crippen MR) is 136 cm³/mol. The van der Waals surface area contributed by atoms with Crippen molar-refractivity contribution in [3.63, 3.8) is 0 Å². The number of hydrogen-bond acceptors (Lipinski definition) is 6. The lowest BCUT2D eigenvalue weighted by atomic mass is 9.90. The molecule has 0 radical (unpaired) electrons. The van der Waals surface area contributed by atoms with E-state index in [9.17, 15) is 18.0 Å². The summed E-state index contributed by atoms with van der Waals surface area (Å²) in [6.07, 6.45) is 2.25. The zero-order valence-electron chi connectivity index (χ0n) is 20.5. The van der Waals surface area contributed by atoms with E-state index in [2.05, 4.69) is 35.4 Å². The molecule has 1 unspecified atom stereocenters. The number of nitrogens with zero attached hydrogens (tertiary/aromatic N) is 2. The minimum absolute atomic E-state index is 0.136. The third-order valence-electron chi connectivity index (χ3n) is 7.03. The normalized spacial score (nSPS) is 17.4. The molecule has 2 N–H and O–H groups in total. The van der Waals surface area contributed by atoms with E-state index >= 15 is 0 Å². The largest absolute Gasteiger partial charge is 0.351 e. The van der Waals surface area contributed by atoms with Gasteiger partial charge in [-0.15, -0.1) is 0 Å². The second-order valence-corrected chi connectivity index (χ2v) is 11.3. The zero-order valence-corrected chi connectivity index (χ0v) is 21.4. The average Bonchev–Trinajstić information content (AvgIpc) is 3.07. The van der Waals surface area contributed by atoms with Crippen LogP contribution in [0.4, 0.5) is 5.82 Å². The molecule has 4 rings (SSSR count). The molecule has 0 bridgehead atoms. The van der Waals surface area contributed by atoms with Crippen molar-refractivity contribution in [1.29, 1.82) is 0 Å². The van der Waals surface area contributed by atoms with Crippen molar-refractivity contribution in [1.82, 2.24) is 14.7 Å². The van der Waals surface area contributed by atoms with Gasteiger partial charge in [0.15, 0.2) is 4.90 Å². The van der Waals surface area contributed by atoms with Gasteiger partial charge in [0.2, 0.25) is 0 Å². The molecule has 1 atom stereocenters. The summed E-state index contributed by atoms with van der Waals surface area (Å²) in [6.45, 7) is 11.0. The Morgan fingerprint density at radius 2 is 1.91 bits per heavy atom. The monoisotopic (exact) mass is 494 g/mol. The Bertz CT molecular complexity index is 1460. The number of pyridine rings is 2. The van der Waals surface area contributed by atoms with Crippen LogP contribution in [0.15, 0.2) is 58.4 Å². The number of carbonyl (C=O) groups excluding carboxylic acids is 1. The van der Waals surface area contributed by atoms with Crippen molar-refractivity contribution in [2.45, 2.75) is 51.5 Å². The number of carbonyl (C=O) groups is 1. The maximum atomic E-state index is 13.3. The van der Waals surface area contributed by atoms with Crippen LogP contribution in [-0.4, -0.2) is 36.4 Å². The Balaban J connectivity index is 1.82. The number of H-pyrrole nitrogens is 1. The number of sulfonamides is 1. The molecule has 1 amide bonds. The standard InChI is InChI=1S/C26H30N4O4S/c1-16-8-9-17(2)20(15-16)21-11-10-19(23(28-21)30-14-12-18(3)26(30,4)5)24(31)29-35(33,34)22-7-6-13-27-25(22)32/h6-11,13,15,18H,12,14H2,1-5H3,(H,27,32)(H,29,31). The number of aromatic nitrogens is 2. The molecule has 1 aromatic carbocycles. The summed E-state index contributed by atoms with van der Waals surface area (Å²) in [7, 11) is -4.38. The van der Waals surface area contributed by atoms with E-state index in [1.165, 1.54) is 12.3 Å². The zero-order chi connectivity index (χ0) is 25.5. The van der Waals surface area contributed by atoms with Crippen LogP contribution in [0.3, 0.4) is 0 Å². The van der Waals surface area contributed by atoms with Crippen LogP contribution in [0.1, 0.15) is 48.7 Å². The first-order chi connectivity index (χ1) is 16.4. The molecule has 3 heterocycles. The Kier molecular flexibility index (Phi) is 6.31. The summed E-state index contributed by atoms with van der Waals surface area (Å²) in [5, 5.41) is 0. The average molecular weight is 495 g/mol. The minimum atomic E-state index is -4.38. The molecule has 1 fully saturated rings. The number of anilines is 1. The van der Waals surface area contributed by atoms with Gasteiger partial charge in [-0.3, -0.25) is 9.59 Å². The van der Waals surface area contributed by atoms with Crippen molar-refractivity contribution < 1.29 is 13.2 Å². The highest BCUT2D eigenvalue weighted by atomic mass is 32.2. The number of nitrogens with one attached hydrogen (secondary N) is 2. The van der Waals surface area contributed by atoms with Crippen LogP contribution in [0, 0.1) is 19.8 Å². The molecule has 0 aliphatic carbocycles. The van der Waals surface area contributed by atoms with Gasteiger partial charge in [-0.2, -0.15) is 0 Å². The molecule has 184 valence electrons. The molecule has 8 nitrogen and oxygen atoms in total. The van der Waals surface area contributed by atoms with Crippen LogP contribution in [0.25, 0.3) is 11.3 Å². The first-order valence-electron chi connectivity index (χ1n) is 11.5. The number of hydrogen-bond donors (Lipinski definition) is 2. The Hall–Kier alpha value is -3.46. The van der Waals surface area contributed by atoms with Crippen molar-refractivity contribution in [2.24, 2.45) is 5.92 Å². The van der Waals surface area contributed by atoms with E-state index in [-0.39, 0.29) is 11.1 Å². The molecule has 1 aliphatic rings. The van der Waals surface area contributed by atoms with Crippen LogP contribution < -0.4 is 15.2 Å². The van der Waals surface area contributed by atoms with Crippen molar-refractivity contribution in [3.05, 3.63) is 75.7 Å². The van der Waals surface area contributed by atoms with Gasteiger partial charge in [-0.25, -0.2) is 18.1 Å². The first-order valence-corrected chi connectivity index (χ1v) is 13.0. The molecule has 3 aromatic rings. The van der Waals surface area contributed by atoms with Crippen LogP contribution in [0.5, 0.6) is 0 Å². The van der Waals surface area contributed by atoms with E-state index in [1.807, 2.05) is 32.0 Å². The Morgan fingerprint density at radius 1 is 1.17 bits per heavy atom. The molecule has 0 spiro atoms. The van der Waals surface area contributed by atoms with Gasteiger partial charge in [-0.05, 0) is 75.9 Å². The smallest absolute Gasteiger partial charge is 0.269 e. The lowest BCUT2D eigenvalue weighted by molar-refractivity contribution is 0.0981. The maximum Gasteiger partial charge on any atom is 0.269 e. The molecule has 0 saturated carbocycles. The SMILES string of the molecule is Cc1ccc(C)c(-c2ccc(C(=O)NS(=O)(=O)c3ccc[nH]c3=O)c(N3CCC(C)C3(C)C)n2)c1. The molecule has 35 heavy (non-hydrogen) atoms. The lowest BCUT2D eigenvalue weighted by Crippen LogP contribution is -2.44. The highest BCUT2D eigenvalue weighted by Crippen LogP contribution is 2.39. The Labute approximate surface area is 205 Å². The molecule has 2 aromatic heterocycles. The summed E-state index contributed by atoms with van der Waals surface area (Å²) in [5.41, 5.74) is 2.83. The van der Waals surface area contributed by atoms with Gasteiger partial charge in [0.05, 0.1) is 11.3 Å². The van der Waals surface area contributed by atoms with Gasteiger partial charge in [0.1, 0.15) is 5.82 Å². The molecule has 9 heteroatoms. The van der Waals surface area contributed by atoms with Gasteiger partial charge in [0.25, 0.3) is 21.5 Å². The van der Waals surface area contributed by atoms with Gasteiger partial charge < -0.3 is 9.88 Å². The second-order valence-electron chi connectivity index (χ2n) is 9.68. The van der Waals surface area contributed by atoms with Gasteiger partial charge in [-0.1, -0.05) is 24.6 Å². The number of aryl methyl sites for hydroxylation is 2. The third kappa shape index (κ3) is 4.60. The summed E-state index contributed by atoms with van der Waals surface area (Å²) < 4.78 is 27.7. The van der Waals surface area contributed by atoms with Crippen molar-refractivity contribution >= 4 is 21.7 Å². The number of rotatable bonds is 5. The Morgan fingerprint density at radius 3 is 2.57 bits per heavy atom. The van der Waals surface area contributed by atoms with Crippen LogP contribution in [0.2, 0.25) is 0 Å². The summed E-state index contributed by atoms with van der Waals surface area (Å²) >= 11 is 0. The van der Waals surface area contributed by atoms with Gasteiger partial charge in [0, 0.05) is 23.8 Å². The number of benzene rings is 1. The van der Waals surface area contributed by atoms with Crippen molar-refractivity contribution in [2.75, 3.05) is 11.4 Å². The number of aromatic amines is 1. The second kappa shape index (κ2) is 8.96. The lowest BCUT2D eigenvalue weighted by Gasteiger charge is -2.36. The maximum absolute atomic E-state index is 13.3. The summed E-state index contributed by atoms with van der Waals surface area (Å²) in [6, 6.07) is 12.0. The molecule has 1 saturated heterocycles. The fourth-order valence-corrected chi connectivity index (χ4v) is 5.48. The topological polar surface area (TPSA) is 112 Å². The molecular formula is C26H30N4O4S. The van der Waals surface area contributed by atoms with E-state index in [1.54, 1.807) is 12.1 Å². The first kappa shape index (κ1) is 24.7. The van der Waals surface area contributed by atoms with E-state index < -0.39 is 26.4 Å². The minimum Gasteiger partial charge on any atom is -0.351 e. The third-order valence-corrected chi connectivity index (χ3v) is 8.39. The van der Waals surface area contributed by atoms with E-state index in [0.29, 0.717) is 24.0 Å². The molecular weight excluding hydrogens is 464 g/mol. The fraction of sp³-hybridized carbons (Fsp3) is 0.346. The fourth-order valence-electron chi connectivity index (χ4n) is 4.45. The molecule has 1 aliphatic heterocycles.